The normalized spacial score (nSPS) is 20.0. The van der Waals surface area contributed by atoms with Crippen LogP contribution in [0.15, 0.2) is 59.6 Å². The van der Waals surface area contributed by atoms with Crippen LogP contribution in [0.3, 0.4) is 0 Å². The number of hydrogen-bond acceptors (Lipinski definition) is 3. The van der Waals surface area contributed by atoms with E-state index in [0.717, 1.165) is 0 Å². The molecule has 0 radical (unpaired) electrons. The van der Waals surface area contributed by atoms with Crippen molar-refractivity contribution in [3.05, 3.63) is 75.7 Å². The third kappa shape index (κ3) is 2.90. The van der Waals surface area contributed by atoms with Gasteiger partial charge in [-0.15, -0.1) is 6.58 Å². The van der Waals surface area contributed by atoms with E-state index < -0.39 is 17.4 Å². The lowest BCUT2D eigenvalue weighted by Crippen LogP contribution is -2.47. The molecule has 2 aromatic rings. The second-order valence-electron chi connectivity index (χ2n) is 6.23. The van der Waals surface area contributed by atoms with E-state index in [1.807, 2.05) is 0 Å². The number of nitrogens with zero attached hydrogens (tertiary/aromatic N) is 1. The summed E-state index contributed by atoms with van der Waals surface area (Å²) in [4.78, 5) is 27.4. The molecular weight excluding hydrogens is 418 g/mol. The van der Waals surface area contributed by atoms with Gasteiger partial charge >= 0.3 is 0 Å². The van der Waals surface area contributed by atoms with E-state index in [1.54, 1.807) is 55.5 Å². The lowest BCUT2D eigenvalue weighted by molar-refractivity contribution is -0.139. The molecule has 1 aliphatic heterocycles. The number of Topliss-reactive ketones (excluding diaryl/α,β-unsaturated/α-hetero) is 1. The van der Waals surface area contributed by atoms with Crippen molar-refractivity contribution in [1.29, 1.82) is 0 Å². The Bertz CT molecular complexity index is 896. The van der Waals surface area contributed by atoms with Gasteiger partial charge in [0.05, 0.1) is 11.6 Å². The number of halogens is 2. The van der Waals surface area contributed by atoms with Gasteiger partial charge in [-0.1, -0.05) is 40.5 Å². The molecule has 4 nitrogen and oxygen atoms in total. The molecule has 6 heteroatoms. The van der Waals surface area contributed by atoms with Gasteiger partial charge in [-0.25, -0.2) is 0 Å². The number of hydrogen-bond donors (Lipinski definition) is 1. The van der Waals surface area contributed by atoms with Gasteiger partial charge in [-0.3, -0.25) is 9.59 Å². The molecule has 0 saturated carbocycles. The first kappa shape index (κ1) is 18.8. The van der Waals surface area contributed by atoms with E-state index in [1.165, 1.54) is 4.90 Å². The van der Waals surface area contributed by atoms with Crippen molar-refractivity contribution in [3.8, 4) is 0 Å². The fourth-order valence-corrected chi connectivity index (χ4v) is 3.75. The van der Waals surface area contributed by atoms with Crippen molar-refractivity contribution >= 4 is 44.9 Å². The van der Waals surface area contributed by atoms with E-state index in [2.05, 4.69) is 22.5 Å². The third-order valence-electron chi connectivity index (χ3n) is 4.69. The molecule has 134 valence electrons. The summed E-state index contributed by atoms with van der Waals surface area (Å²) in [6, 6.07) is 11.6. The first-order chi connectivity index (χ1) is 12.3. The maximum atomic E-state index is 13.1. The van der Waals surface area contributed by atoms with Crippen LogP contribution in [0.2, 0.25) is 5.02 Å². The Balaban J connectivity index is 2.08. The summed E-state index contributed by atoms with van der Waals surface area (Å²) < 4.78 is 0.717. The Morgan fingerprint density at radius 1 is 1.35 bits per heavy atom. The van der Waals surface area contributed by atoms with Crippen molar-refractivity contribution in [3.63, 3.8) is 0 Å². The van der Waals surface area contributed by atoms with Crippen LogP contribution in [-0.2, 0) is 10.4 Å². The van der Waals surface area contributed by atoms with Crippen LogP contribution in [0.4, 0.5) is 5.69 Å². The summed E-state index contributed by atoms with van der Waals surface area (Å²) >= 11 is 9.25. The summed E-state index contributed by atoms with van der Waals surface area (Å²) in [5.74, 6) is -1.83. The van der Waals surface area contributed by atoms with Crippen molar-refractivity contribution in [1.82, 2.24) is 0 Å². The minimum atomic E-state index is -1.95. The average molecular weight is 435 g/mol. The molecule has 0 aliphatic carbocycles. The van der Waals surface area contributed by atoms with Gasteiger partial charge in [0, 0.05) is 27.2 Å². The van der Waals surface area contributed by atoms with Crippen LogP contribution in [0.25, 0.3) is 0 Å². The minimum Gasteiger partial charge on any atom is -0.375 e. The van der Waals surface area contributed by atoms with Gasteiger partial charge in [0.15, 0.2) is 11.4 Å². The molecule has 2 atom stereocenters. The van der Waals surface area contributed by atoms with E-state index in [9.17, 15) is 14.7 Å². The molecule has 1 aliphatic rings. The van der Waals surface area contributed by atoms with E-state index in [0.29, 0.717) is 26.3 Å². The molecule has 3 rings (SSSR count). The van der Waals surface area contributed by atoms with Gasteiger partial charge in [0.25, 0.3) is 5.91 Å². The summed E-state index contributed by atoms with van der Waals surface area (Å²) in [7, 11) is 0. The molecule has 0 spiro atoms. The Morgan fingerprint density at radius 3 is 2.62 bits per heavy atom. The van der Waals surface area contributed by atoms with E-state index in [-0.39, 0.29) is 12.3 Å². The second kappa shape index (κ2) is 6.99. The first-order valence-electron chi connectivity index (χ1n) is 8.05. The predicted octanol–water partition coefficient (Wildman–Crippen LogP) is 4.34. The maximum Gasteiger partial charge on any atom is 0.264 e. The molecule has 0 saturated heterocycles. The molecule has 0 aromatic heterocycles. The molecule has 1 heterocycles. The number of anilines is 1. The van der Waals surface area contributed by atoms with Gasteiger partial charge in [0.2, 0.25) is 0 Å². The van der Waals surface area contributed by atoms with Crippen molar-refractivity contribution in [2.75, 3.05) is 11.4 Å². The summed E-state index contributed by atoms with van der Waals surface area (Å²) in [5, 5.41) is 11.9. The highest BCUT2D eigenvalue weighted by Crippen LogP contribution is 2.46. The van der Waals surface area contributed by atoms with E-state index in [4.69, 9.17) is 11.6 Å². The van der Waals surface area contributed by atoms with Gasteiger partial charge in [-0.05, 0) is 42.5 Å². The number of benzene rings is 2. The number of aliphatic hydroxyl groups is 1. The van der Waals surface area contributed by atoms with Crippen LogP contribution >= 0.6 is 27.5 Å². The SMILES string of the molecule is C=CCN1C(=O)C(O)(C(C)C(=O)c2ccc(Cl)cc2)c2cc(Br)ccc21. The second-order valence-corrected chi connectivity index (χ2v) is 7.58. The minimum absolute atomic E-state index is 0.248. The van der Waals surface area contributed by atoms with Crippen LogP contribution in [-0.4, -0.2) is 23.3 Å². The Hall–Kier alpha value is -1.95. The quantitative estimate of drug-likeness (QED) is 0.562. The molecule has 26 heavy (non-hydrogen) atoms. The summed E-state index contributed by atoms with van der Waals surface area (Å²) in [5.41, 5.74) is -0.564. The number of carbonyl (C=O) groups excluding carboxylic acids is 2. The molecular formula is C20H17BrClNO3. The highest BCUT2D eigenvalue weighted by molar-refractivity contribution is 9.10. The van der Waals surface area contributed by atoms with Crippen LogP contribution < -0.4 is 4.90 Å². The van der Waals surface area contributed by atoms with Crippen LogP contribution in [0.5, 0.6) is 0 Å². The lowest BCUT2D eigenvalue weighted by atomic mass is 9.79. The number of ketones is 1. The topological polar surface area (TPSA) is 57.6 Å². The third-order valence-corrected chi connectivity index (χ3v) is 5.44. The zero-order valence-corrected chi connectivity index (χ0v) is 16.4. The lowest BCUT2D eigenvalue weighted by Gasteiger charge is -2.28. The fourth-order valence-electron chi connectivity index (χ4n) is 3.26. The van der Waals surface area contributed by atoms with Crippen LogP contribution in [0, 0.1) is 5.92 Å². The molecule has 0 fully saturated rings. The molecule has 1 amide bonds. The first-order valence-corrected chi connectivity index (χ1v) is 9.22. The highest BCUT2D eigenvalue weighted by atomic mass is 79.9. The predicted molar refractivity (Wildman–Crippen MR) is 106 cm³/mol. The maximum absolute atomic E-state index is 13.1. The number of rotatable bonds is 5. The van der Waals surface area contributed by atoms with Crippen LogP contribution in [0.1, 0.15) is 22.8 Å². The Labute approximate surface area is 165 Å². The smallest absolute Gasteiger partial charge is 0.264 e. The average Bonchev–Trinajstić information content (AvgIpc) is 2.84. The zero-order valence-electron chi connectivity index (χ0n) is 14.1. The monoisotopic (exact) mass is 433 g/mol. The molecule has 1 N–H and O–H groups in total. The van der Waals surface area contributed by atoms with Crippen molar-refractivity contribution < 1.29 is 14.7 Å². The molecule has 2 unspecified atom stereocenters. The molecule has 2 aromatic carbocycles. The fraction of sp³-hybridized carbons (Fsp3) is 0.200. The van der Waals surface area contributed by atoms with Crippen molar-refractivity contribution in [2.45, 2.75) is 12.5 Å². The largest absolute Gasteiger partial charge is 0.375 e. The van der Waals surface area contributed by atoms with E-state index >= 15 is 0 Å². The number of amides is 1. The van der Waals surface area contributed by atoms with Crippen molar-refractivity contribution in [2.24, 2.45) is 5.92 Å². The molecule has 0 bridgehead atoms. The van der Waals surface area contributed by atoms with Gasteiger partial charge < -0.3 is 10.0 Å². The van der Waals surface area contributed by atoms with Gasteiger partial charge in [-0.2, -0.15) is 0 Å². The zero-order chi connectivity index (χ0) is 19.1. The summed E-state index contributed by atoms with van der Waals surface area (Å²) in [6.45, 7) is 5.48. The Morgan fingerprint density at radius 2 is 2.00 bits per heavy atom. The van der Waals surface area contributed by atoms with Gasteiger partial charge in [0.1, 0.15) is 0 Å². The standard InChI is InChI=1S/C20H17BrClNO3/c1-3-10-23-17-9-6-14(21)11-16(17)20(26,19(23)25)12(2)18(24)13-4-7-15(22)8-5-13/h3-9,11-12,26H,1,10H2,2H3. The number of carbonyl (C=O) groups is 2. The highest BCUT2D eigenvalue weighted by Gasteiger charge is 2.55. The Kier molecular flexibility index (Phi) is 5.06. The number of fused-ring (bicyclic) bond motifs is 1. The summed E-state index contributed by atoms with van der Waals surface area (Å²) in [6.07, 6.45) is 1.58.